The number of ether oxygens (including phenoxy) is 1. The van der Waals surface area contributed by atoms with Gasteiger partial charge in [0.2, 0.25) is 0 Å². The highest BCUT2D eigenvalue weighted by Gasteiger charge is 2.10. The van der Waals surface area contributed by atoms with Gasteiger partial charge in [0, 0.05) is 11.8 Å². The Bertz CT molecular complexity index is 1020. The predicted octanol–water partition coefficient (Wildman–Crippen LogP) is 4.10. The van der Waals surface area contributed by atoms with E-state index >= 15 is 0 Å². The van der Waals surface area contributed by atoms with Gasteiger partial charge in [-0.2, -0.15) is 0 Å². The molecule has 1 aromatic heterocycles. The maximum Gasteiger partial charge on any atom is 0.337 e. The highest BCUT2D eigenvalue weighted by molar-refractivity contribution is 6.33. The molecule has 0 unspecified atom stereocenters. The maximum absolute atomic E-state index is 11.7. The monoisotopic (exact) mass is 398 g/mol. The summed E-state index contributed by atoms with van der Waals surface area (Å²) in [6.07, 6.45) is 1.36. The highest BCUT2D eigenvalue weighted by atomic mass is 35.5. The second kappa shape index (κ2) is 8.36. The molecule has 0 fully saturated rings. The zero-order valence-corrected chi connectivity index (χ0v) is 15.4. The zero-order valence-electron chi connectivity index (χ0n) is 14.6. The van der Waals surface area contributed by atoms with Crippen LogP contribution in [-0.4, -0.2) is 34.1 Å². The molecule has 2 aromatic carbocycles. The molecule has 3 aromatic rings. The molecule has 3 N–H and O–H groups in total. The first-order chi connectivity index (χ1) is 13.5. The maximum atomic E-state index is 11.7. The third-order valence-corrected chi connectivity index (χ3v) is 4.05. The number of carboxylic acid groups (broad SMARTS) is 1. The Morgan fingerprint density at radius 3 is 2.25 bits per heavy atom. The number of aromatic carboxylic acids is 1. The lowest BCUT2D eigenvalue weighted by Crippen LogP contribution is -2.03. The van der Waals surface area contributed by atoms with Crippen molar-refractivity contribution in [3.8, 4) is 0 Å². The molecule has 9 heteroatoms. The number of halogens is 1. The van der Waals surface area contributed by atoms with Gasteiger partial charge in [0.25, 0.3) is 0 Å². The van der Waals surface area contributed by atoms with Gasteiger partial charge in [-0.05, 0) is 42.5 Å². The van der Waals surface area contributed by atoms with Crippen LogP contribution in [0.4, 0.5) is 23.0 Å². The number of methoxy groups -OCH3 is 1. The standard InChI is InChI=1S/C19H15ClN4O4/c1-28-19(27)12-4-7-14(20)15(8-12)24-17-9-16(21-10-22-17)23-13-5-2-11(3-6-13)18(25)26/h2-10H,1H3,(H,25,26)(H2,21,22,23,24). The Morgan fingerprint density at radius 1 is 0.964 bits per heavy atom. The fourth-order valence-corrected chi connectivity index (χ4v) is 2.51. The first-order valence-electron chi connectivity index (χ1n) is 8.03. The van der Waals surface area contributed by atoms with Crippen LogP contribution in [0.3, 0.4) is 0 Å². The van der Waals surface area contributed by atoms with E-state index < -0.39 is 11.9 Å². The van der Waals surface area contributed by atoms with Gasteiger partial charge in [0.15, 0.2) is 0 Å². The van der Waals surface area contributed by atoms with Crippen molar-refractivity contribution < 1.29 is 19.4 Å². The minimum absolute atomic E-state index is 0.190. The molecule has 28 heavy (non-hydrogen) atoms. The van der Waals surface area contributed by atoms with Crippen LogP contribution in [0.1, 0.15) is 20.7 Å². The molecule has 0 aliphatic heterocycles. The number of carbonyl (C=O) groups excluding carboxylic acids is 1. The van der Waals surface area contributed by atoms with Crippen molar-refractivity contribution in [1.29, 1.82) is 0 Å². The van der Waals surface area contributed by atoms with Crippen LogP contribution in [0.2, 0.25) is 5.02 Å². The predicted molar refractivity (Wildman–Crippen MR) is 105 cm³/mol. The van der Waals surface area contributed by atoms with Crippen molar-refractivity contribution in [2.45, 2.75) is 0 Å². The quantitative estimate of drug-likeness (QED) is 0.532. The zero-order chi connectivity index (χ0) is 20.1. The highest BCUT2D eigenvalue weighted by Crippen LogP contribution is 2.27. The van der Waals surface area contributed by atoms with Crippen LogP contribution in [0.15, 0.2) is 54.9 Å². The lowest BCUT2D eigenvalue weighted by molar-refractivity contribution is 0.0600. The topological polar surface area (TPSA) is 113 Å². The van der Waals surface area contributed by atoms with E-state index in [0.717, 1.165) is 0 Å². The molecule has 0 saturated carbocycles. The van der Waals surface area contributed by atoms with E-state index in [4.69, 9.17) is 21.4 Å². The third kappa shape index (κ3) is 4.54. The second-order valence-electron chi connectivity index (χ2n) is 5.61. The third-order valence-electron chi connectivity index (χ3n) is 3.72. The lowest BCUT2D eigenvalue weighted by Gasteiger charge is -2.11. The Kier molecular flexibility index (Phi) is 5.71. The first-order valence-corrected chi connectivity index (χ1v) is 8.41. The van der Waals surface area contributed by atoms with Crippen molar-refractivity contribution in [3.63, 3.8) is 0 Å². The van der Waals surface area contributed by atoms with Crippen molar-refractivity contribution in [2.24, 2.45) is 0 Å². The molecule has 0 saturated heterocycles. The molecule has 142 valence electrons. The lowest BCUT2D eigenvalue weighted by atomic mass is 10.2. The number of carboxylic acids is 1. The van der Waals surface area contributed by atoms with Crippen LogP contribution in [0, 0.1) is 0 Å². The number of carbonyl (C=O) groups is 2. The fraction of sp³-hybridized carbons (Fsp3) is 0.0526. The smallest absolute Gasteiger partial charge is 0.337 e. The van der Waals surface area contributed by atoms with Crippen LogP contribution in [0.25, 0.3) is 0 Å². The number of hydrogen-bond acceptors (Lipinski definition) is 7. The molecule has 3 rings (SSSR count). The molecular formula is C19H15ClN4O4. The van der Waals surface area contributed by atoms with Gasteiger partial charge < -0.3 is 20.5 Å². The Morgan fingerprint density at radius 2 is 1.61 bits per heavy atom. The van der Waals surface area contributed by atoms with E-state index in [-0.39, 0.29) is 5.56 Å². The van der Waals surface area contributed by atoms with Crippen molar-refractivity contribution in [1.82, 2.24) is 9.97 Å². The molecule has 1 heterocycles. The van der Waals surface area contributed by atoms with Gasteiger partial charge in [-0.1, -0.05) is 11.6 Å². The van der Waals surface area contributed by atoms with Crippen molar-refractivity contribution in [2.75, 3.05) is 17.7 Å². The molecule has 0 atom stereocenters. The molecule has 0 radical (unpaired) electrons. The average molecular weight is 399 g/mol. The summed E-state index contributed by atoms with van der Waals surface area (Å²) >= 11 is 6.18. The number of anilines is 4. The number of hydrogen-bond donors (Lipinski definition) is 3. The van der Waals surface area contributed by atoms with E-state index in [0.29, 0.717) is 33.6 Å². The van der Waals surface area contributed by atoms with Gasteiger partial charge >= 0.3 is 11.9 Å². The SMILES string of the molecule is COC(=O)c1ccc(Cl)c(Nc2cc(Nc3ccc(C(=O)O)cc3)ncn2)c1. The molecule has 0 aliphatic carbocycles. The van der Waals surface area contributed by atoms with Crippen molar-refractivity contribution in [3.05, 3.63) is 71.0 Å². The van der Waals surface area contributed by atoms with E-state index in [1.165, 1.54) is 25.6 Å². The minimum Gasteiger partial charge on any atom is -0.478 e. The summed E-state index contributed by atoms with van der Waals surface area (Å²) in [4.78, 5) is 30.9. The summed E-state index contributed by atoms with van der Waals surface area (Å²) in [6.45, 7) is 0. The molecule has 0 amide bonds. The van der Waals surface area contributed by atoms with Crippen LogP contribution in [-0.2, 0) is 4.74 Å². The number of benzene rings is 2. The van der Waals surface area contributed by atoms with E-state index in [1.54, 1.807) is 36.4 Å². The molecule has 0 aliphatic rings. The van der Waals surface area contributed by atoms with Crippen LogP contribution >= 0.6 is 11.6 Å². The van der Waals surface area contributed by atoms with Gasteiger partial charge in [-0.15, -0.1) is 0 Å². The first kappa shape index (κ1) is 19.1. The summed E-state index contributed by atoms with van der Waals surface area (Å²) in [5.41, 5.74) is 1.69. The summed E-state index contributed by atoms with van der Waals surface area (Å²) in [7, 11) is 1.30. The molecule has 0 bridgehead atoms. The summed E-state index contributed by atoms with van der Waals surface area (Å²) in [6, 6.07) is 12.6. The van der Waals surface area contributed by atoms with Crippen LogP contribution in [0.5, 0.6) is 0 Å². The molecule has 0 spiro atoms. The Balaban J connectivity index is 1.78. The van der Waals surface area contributed by atoms with Gasteiger partial charge in [0.1, 0.15) is 18.0 Å². The van der Waals surface area contributed by atoms with Gasteiger partial charge in [-0.25, -0.2) is 19.6 Å². The Hall–Kier alpha value is -3.65. The van der Waals surface area contributed by atoms with E-state index in [1.807, 2.05) is 0 Å². The van der Waals surface area contributed by atoms with Gasteiger partial charge in [-0.3, -0.25) is 0 Å². The number of nitrogens with one attached hydrogen (secondary N) is 2. The summed E-state index contributed by atoms with van der Waals surface area (Å²) in [5, 5.41) is 15.4. The normalized spacial score (nSPS) is 10.2. The van der Waals surface area contributed by atoms with Gasteiger partial charge in [0.05, 0.1) is 28.9 Å². The largest absolute Gasteiger partial charge is 0.478 e. The van der Waals surface area contributed by atoms with Crippen molar-refractivity contribution >= 4 is 46.6 Å². The van der Waals surface area contributed by atoms with E-state index in [9.17, 15) is 9.59 Å². The molecular weight excluding hydrogens is 384 g/mol. The number of esters is 1. The van der Waals surface area contributed by atoms with E-state index in [2.05, 4.69) is 20.6 Å². The number of nitrogens with zero attached hydrogens (tertiary/aromatic N) is 2. The fourth-order valence-electron chi connectivity index (χ4n) is 2.34. The Labute approximate surface area is 165 Å². The summed E-state index contributed by atoms with van der Waals surface area (Å²) < 4.78 is 4.71. The van der Waals surface area contributed by atoms with Crippen LogP contribution < -0.4 is 10.6 Å². The average Bonchev–Trinajstić information content (AvgIpc) is 2.70. The number of aromatic nitrogens is 2. The number of rotatable bonds is 6. The summed E-state index contributed by atoms with van der Waals surface area (Å²) in [5.74, 6) is -0.537. The molecule has 8 nitrogen and oxygen atoms in total. The minimum atomic E-state index is -0.994. The second-order valence-corrected chi connectivity index (χ2v) is 6.01.